The minimum absolute atomic E-state index is 0.0316. The summed E-state index contributed by atoms with van der Waals surface area (Å²) in [5.74, 6) is -2.61. The van der Waals surface area contributed by atoms with Crippen molar-refractivity contribution in [2.24, 2.45) is 22.7 Å². The number of hydrogen-bond donors (Lipinski definition) is 4. The second-order valence-corrected chi connectivity index (χ2v) is 17.7. The Morgan fingerprint density at radius 1 is 1.04 bits per heavy atom. The van der Waals surface area contributed by atoms with Gasteiger partial charge in [-0.2, -0.15) is 0 Å². The molecule has 0 aromatic carbocycles. The summed E-state index contributed by atoms with van der Waals surface area (Å²) in [7, 11) is -2.05. The Morgan fingerprint density at radius 3 is 2.16 bits per heavy atom. The van der Waals surface area contributed by atoms with E-state index in [1.807, 2.05) is 48.5 Å². The molecule has 5 amide bonds. The van der Waals surface area contributed by atoms with Crippen molar-refractivity contribution in [3.05, 3.63) is 12.7 Å². The topological polar surface area (TPSA) is 174 Å². The predicted octanol–water partition coefficient (Wildman–Crippen LogP) is 2.96. The highest BCUT2D eigenvalue weighted by molar-refractivity contribution is 7.88. The first-order valence-electron chi connectivity index (χ1n) is 17.7. The van der Waals surface area contributed by atoms with Gasteiger partial charge in [0.1, 0.15) is 12.1 Å². The Balaban J connectivity index is 2.44. The van der Waals surface area contributed by atoms with E-state index in [9.17, 15) is 32.4 Å². The quantitative estimate of drug-likeness (QED) is 0.141. The van der Waals surface area contributed by atoms with E-state index in [0.29, 0.717) is 32.2 Å². The van der Waals surface area contributed by atoms with Crippen LogP contribution in [0.5, 0.6) is 0 Å². The molecule has 0 aromatic heterocycles. The number of likely N-dealkylation sites (tertiary alicyclic amines) is 1. The summed E-state index contributed by atoms with van der Waals surface area (Å²) in [4.78, 5) is 69.6. The fourth-order valence-corrected chi connectivity index (χ4v) is 7.35. The number of hydrogen-bond acceptors (Lipinski definition) is 7. The van der Waals surface area contributed by atoms with Gasteiger partial charge in [0.05, 0.1) is 12.3 Å². The molecule has 2 rings (SSSR count). The van der Waals surface area contributed by atoms with E-state index in [1.165, 1.54) is 17.4 Å². The SMILES string of the molecule is C=CCNC(=O)C(=O)C(CCC)NC(=O)[C@@H]1[C@@H](C(C)C)CCN1C(=O)[C@@H](NC(=O)N[C@H](CN(C)S(C)(=O)=O)C(C)(C)C)C1(C)CCCCC1. The minimum atomic E-state index is -3.51. The number of carbonyl (C=O) groups excluding carboxylic acids is 5. The normalized spacial score (nSPS) is 21.4. The summed E-state index contributed by atoms with van der Waals surface area (Å²) in [5.41, 5.74) is -1.10. The van der Waals surface area contributed by atoms with Gasteiger partial charge in [-0.3, -0.25) is 19.2 Å². The van der Waals surface area contributed by atoms with Crippen LogP contribution in [0, 0.1) is 22.7 Å². The van der Waals surface area contributed by atoms with Crippen LogP contribution >= 0.6 is 0 Å². The van der Waals surface area contributed by atoms with Gasteiger partial charge in [0.2, 0.25) is 27.6 Å². The van der Waals surface area contributed by atoms with E-state index in [1.54, 1.807) is 4.90 Å². The summed E-state index contributed by atoms with van der Waals surface area (Å²) >= 11 is 0. The maximum atomic E-state index is 14.7. The first-order valence-corrected chi connectivity index (χ1v) is 19.5. The molecule has 0 bridgehead atoms. The fourth-order valence-electron chi connectivity index (χ4n) is 6.93. The zero-order chi connectivity index (χ0) is 37.3. The number of sulfonamides is 1. The average Bonchev–Trinajstić information content (AvgIpc) is 3.46. The molecule has 5 atom stereocenters. The molecule has 1 aliphatic heterocycles. The molecule has 0 radical (unpaired) electrons. The van der Waals surface area contributed by atoms with Crippen molar-refractivity contribution in [3.63, 3.8) is 0 Å². The second kappa shape index (κ2) is 17.8. The second-order valence-electron chi connectivity index (χ2n) is 15.6. The number of nitrogens with one attached hydrogen (secondary N) is 4. The Bertz CT molecular complexity index is 1310. The van der Waals surface area contributed by atoms with Crippen LogP contribution in [-0.2, 0) is 29.2 Å². The largest absolute Gasteiger partial charge is 0.346 e. The first-order chi connectivity index (χ1) is 22.7. The van der Waals surface area contributed by atoms with Gasteiger partial charge in [0.25, 0.3) is 5.91 Å². The van der Waals surface area contributed by atoms with Gasteiger partial charge in [0.15, 0.2) is 0 Å². The van der Waals surface area contributed by atoms with Crippen molar-refractivity contribution in [3.8, 4) is 0 Å². The number of rotatable bonds is 16. The highest BCUT2D eigenvalue weighted by Crippen LogP contribution is 2.41. The maximum absolute atomic E-state index is 14.7. The van der Waals surface area contributed by atoms with Gasteiger partial charge in [-0.25, -0.2) is 17.5 Å². The molecule has 14 heteroatoms. The van der Waals surface area contributed by atoms with E-state index in [4.69, 9.17) is 0 Å². The molecule has 1 heterocycles. The van der Waals surface area contributed by atoms with Crippen LogP contribution in [0.3, 0.4) is 0 Å². The van der Waals surface area contributed by atoms with E-state index in [2.05, 4.69) is 27.8 Å². The number of amides is 5. The van der Waals surface area contributed by atoms with Crippen LogP contribution in [-0.4, -0.2) is 104 Å². The molecule has 4 N–H and O–H groups in total. The summed E-state index contributed by atoms with van der Waals surface area (Å²) < 4.78 is 25.6. The monoisotopic (exact) mass is 710 g/mol. The third-order valence-corrected chi connectivity index (χ3v) is 11.5. The summed E-state index contributed by atoms with van der Waals surface area (Å²) in [6.07, 6.45) is 8.13. The van der Waals surface area contributed by atoms with Crippen molar-refractivity contribution in [1.29, 1.82) is 0 Å². The van der Waals surface area contributed by atoms with Crippen LogP contribution in [0.4, 0.5) is 4.79 Å². The van der Waals surface area contributed by atoms with Gasteiger partial charge in [0, 0.05) is 32.7 Å². The standard InChI is InChI=1S/C35H62N6O7S/c1-11-16-25(28(42)31(44)36-20-12-2)37-30(43)27-24(23(3)4)17-21-41(27)32(45)29(35(8)18-14-13-15-19-35)39-33(46)38-26(34(5,6)7)22-40(9)49(10,47)48/h12,23-27,29H,2,11,13-22H2,1,3-10H3,(H,36,44)(H,37,43)(H2,38,39,46)/t24-,25?,26-,27+,29-/m1/s1. The first kappa shape index (κ1) is 42.2. The summed E-state index contributed by atoms with van der Waals surface area (Å²) in [6, 6.07) is -4.08. The van der Waals surface area contributed by atoms with Gasteiger partial charge in [-0.05, 0) is 48.3 Å². The van der Waals surface area contributed by atoms with Crippen molar-refractivity contribution in [1.82, 2.24) is 30.5 Å². The zero-order valence-electron chi connectivity index (χ0n) is 31.2. The molecule has 1 saturated heterocycles. The molecule has 1 unspecified atom stereocenters. The molecule has 13 nitrogen and oxygen atoms in total. The van der Waals surface area contributed by atoms with Crippen LogP contribution in [0.1, 0.15) is 99.8 Å². The lowest BCUT2D eigenvalue weighted by atomic mass is 9.70. The molecular formula is C35H62N6O7S. The molecule has 280 valence electrons. The lowest BCUT2D eigenvalue weighted by Gasteiger charge is -2.43. The van der Waals surface area contributed by atoms with Crippen molar-refractivity contribution < 1.29 is 32.4 Å². The molecule has 0 spiro atoms. The van der Waals surface area contributed by atoms with E-state index >= 15 is 0 Å². The van der Waals surface area contributed by atoms with Crippen LogP contribution in [0.25, 0.3) is 0 Å². The molecule has 2 aliphatic rings. The number of nitrogens with zero attached hydrogens (tertiary/aromatic N) is 2. The van der Waals surface area contributed by atoms with Crippen LogP contribution in [0.15, 0.2) is 12.7 Å². The molecule has 49 heavy (non-hydrogen) atoms. The third kappa shape index (κ3) is 11.5. The van der Waals surface area contributed by atoms with E-state index in [-0.39, 0.29) is 37.3 Å². The van der Waals surface area contributed by atoms with Gasteiger partial charge in [-0.1, -0.05) is 80.2 Å². The summed E-state index contributed by atoms with van der Waals surface area (Å²) in [6.45, 7) is 17.5. The van der Waals surface area contributed by atoms with Gasteiger partial charge >= 0.3 is 6.03 Å². The predicted molar refractivity (Wildman–Crippen MR) is 191 cm³/mol. The molecule has 2 fully saturated rings. The summed E-state index contributed by atoms with van der Waals surface area (Å²) in [5, 5.41) is 11.2. The van der Waals surface area contributed by atoms with Crippen molar-refractivity contribution in [2.45, 2.75) is 124 Å². The number of urea groups is 1. The minimum Gasteiger partial charge on any atom is -0.346 e. The Kier molecular flexibility index (Phi) is 15.3. The molecule has 1 saturated carbocycles. The number of ketones is 1. The lowest BCUT2D eigenvalue weighted by molar-refractivity contribution is -0.145. The molecular weight excluding hydrogens is 648 g/mol. The van der Waals surface area contributed by atoms with Gasteiger partial charge < -0.3 is 26.2 Å². The smallest absolute Gasteiger partial charge is 0.315 e. The zero-order valence-corrected chi connectivity index (χ0v) is 32.0. The Morgan fingerprint density at radius 2 is 1.65 bits per heavy atom. The van der Waals surface area contributed by atoms with Crippen molar-refractivity contribution >= 4 is 39.6 Å². The van der Waals surface area contributed by atoms with Crippen molar-refractivity contribution in [2.75, 3.05) is 32.9 Å². The average molecular weight is 711 g/mol. The highest BCUT2D eigenvalue weighted by Gasteiger charge is 2.50. The van der Waals surface area contributed by atoms with Gasteiger partial charge in [-0.15, -0.1) is 6.58 Å². The van der Waals surface area contributed by atoms with Crippen LogP contribution in [0.2, 0.25) is 0 Å². The van der Waals surface area contributed by atoms with E-state index in [0.717, 1.165) is 25.5 Å². The third-order valence-electron chi connectivity index (χ3n) is 10.3. The van der Waals surface area contributed by atoms with Crippen LogP contribution < -0.4 is 21.3 Å². The lowest BCUT2D eigenvalue weighted by Crippen LogP contribution is -2.63. The fraction of sp³-hybridized carbons (Fsp3) is 0.800. The Labute approximate surface area is 294 Å². The van der Waals surface area contributed by atoms with E-state index < -0.39 is 68.6 Å². The number of likely N-dealkylation sites (N-methyl/N-ethyl adjacent to an activating group) is 1. The molecule has 0 aromatic rings. The number of carbonyl (C=O) groups is 5. The molecule has 1 aliphatic carbocycles. The maximum Gasteiger partial charge on any atom is 0.315 e. The number of Topliss-reactive ketones (excluding diaryl/α,β-unsaturated/α-hetero) is 1. The highest BCUT2D eigenvalue weighted by atomic mass is 32.2. The Hall–Kier alpha value is -3.00.